The maximum absolute atomic E-state index is 13.4. The zero-order valence-electron chi connectivity index (χ0n) is 19.3. The van der Waals surface area contributed by atoms with Gasteiger partial charge in [0.15, 0.2) is 6.61 Å². The number of ether oxygens (including phenoxy) is 1. The Morgan fingerprint density at radius 2 is 1.73 bits per heavy atom. The Kier molecular flexibility index (Phi) is 9.45. The predicted molar refractivity (Wildman–Crippen MR) is 133 cm³/mol. The summed E-state index contributed by atoms with van der Waals surface area (Å²) < 4.78 is 5.81. The van der Waals surface area contributed by atoms with Crippen molar-refractivity contribution >= 4 is 35.0 Å². The molecule has 2 aromatic rings. The third kappa shape index (κ3) is 6.87. The molecule has 1 atom stereocenters. The summed E-state index contributed by atoms with van der Waals surface area (Å²) in [5.41, 5.74) is 1.56. The lowest BCUT2D eigenvalue weighted by Gasteiger charge is -2.33. The number of aryl methyl sites for hydroxylation is 1. The van der Waals surface area contributed by atoms with Gasteiger partial charge >= 0.3 is 0 Å². The summed E-state index contributed by atoms with van der Waals surface area (Å²) in [4.78, 5) is 28.2. The van der Waals surface area contributed by atoms with Crippen molar-refractivity contribution in [2.24, 2.45) is 0 Å². The van der Waals surface area contributed by atoms with Crippen molar-refractivity contribution in [3.05, 3.63) is 63.6 Å². The fourth-order valence-electron chi connectivity index (χ4n) is 4.26. The fraction of sp³-hybridized carbons (Fsp3) is 0.462. The molecule has 33 heavy (non-hydrogen) atoms. The Morgan fingerprint density at radius 3 is 2.36 bits per heavy atom. The number of hydrogen-bond donors (Lipinski definition) is 1. The topological polar surface area (TPSA) is 58.6 Å². The standard InChI is InChI=1S/C26H32Cl2N2O3/c1-3-23(26(32)29-19-11-5-4-6-12-19)30(16-20-21(27)13-9-14-22(20)28)25(31)17-33-24-15-8-7-10-18(24)2/h7-10,13-15,19,23H,3-6,11-12,16-17H2,1-2H3,(H,29,32). The number of carbonyl (C=O) groups excluding carboxylic acids is 2. The molecule has 2 amide bonds. The molecule has 1 unspecified atom stereocenters. The number of para-hydroxylation sites is 1. The minimum absolute atomic E-state index is 0.130. The van der Waals surface area contributed by atoms with Gasteiger partial charge in [-0.05, 0) is 49.9 Å². The maximum atomic E-state index is 13.4. The van der Waals surface area contributed by atoms with Gasteiger partial charge in [-0.3, -0.25) is 9.59 Å². The van der Waals surface area contributed by atoms with Crippen LogP contribution in [0.1, 0.15) is 56.6 Å². The van der Waals surface area contributed by atoms with E-state index in [-0.39, 0.29) is 31.0 Å². The van der Waals surface area contributed by atoms with Gasteiger partial charge in [-0.2, -0.15) is 0 Å². The quantitative estimate of drug-likeness (QED) is 0.473. The van der Waals surface area contributed by atoms with Gasteiger partial charge in [-0.25, -0.2) is 0 Å². The van der Waals surface area contributed by atoms with E-state index in [0.717, 1.165) is 31.2 Å². The van der Waals surface area contributed by atoms with Crippen LogP contribution in [0.4, 0.5) is 0 Å². The molecule has 0 radical (unpaired) electrons. The molecule has 0 heterocycles. The molecule has 178 valence electrons. The largest absolute Gasteiger partial charge is 0.484 e. The van der Waals surface area contributed by atoms with Crippen LogP contribution in [0.3, 0.4) is 0 Å². The SMILES string of the molecule is CCC(C(=O)NC1CCCCC1)N(Cc1c(Cl)cccc1Cl)C(=O)COc1ccccc1C. The number of hydrogen-bond acceptors (Lipinski definition) is 3. The number of carbonyl (C=O) groups is 2. The molecular weight excluding hydrogens is 459 g/mol. The number of halogens is 2. The van der Waals surface area contributed by atoms with E-state index in [1.54, 1.807) is 23.1 Å². The third-order valence-electron chi connectivity index (χ3n) is 6.17. The van der Waals surface area contributed by atoms with Gasteiger partial charge in [0.1, 0.15) is 11.8 Å². The van der Waals surface area contributed by atoms with Crippen molar-refractivity contribution in [2.75, 3.05) is 6.61 Å². The maximum Gasteiger partial charge on any atom is 0.261 e. The number of nitrogens with one attached hydrogen (secondary N) is 1. The molecule has 5 nitrogen and oxygen atoms in total. The normalized spacial score (nSPS) is 15.0. The van der Waals surface area contributed by atoms with Crippen molar-refractivity contribution in [3.63, 3.8) is 0 Å². The minimum Gasteiger partial charge on any atom is -0.484 e. The molecule has 0 aromatic heterocycles. The van der Waals surface area contributed by atoms with Crippen LogP contribution in [0.25, 0.3) is 0 Å². The summed E-state index contributed by atoms with van der Waals surface area (Å²) in [5, 5.41) is 4.09. The molecular formula is C26H32Cl2N2O3. The summed E-state index contributed by atoms with van der Waals surface area (Å²) >= 11 is 12.8. The molecule has 1 aliphatic carbocycles. The van der Waals surface area contributed by atoms with Crippen LogP contribution in [-0.4, -0.2) is 35.4 Å². The van der Waals surface area contributed by atoms with E-state index < -0.39 is 6.04 Å². The summed E-state index contributed by atoms with van der Waals surface area (Å²) in [6.07, 6.45) is 5.85. The van der Waals surface area contributed by atoms with E-state index in [2.05, 4.69) is 5.32 Å². The second kappa shape index (κ2) is 12.3. The monoisotopic (exact) mass is 490 g/mol. The zero-order valence-corrected chi connectivity index (χ0v) is 20.8. The number of nitrogens with zero attached hydrogens (tertiary/aromatic N) is 1. The minimum atomic E-state index is -0.646. The lowest BCUT2D eigenvalue weighted by molar-refractivity contribution is -0.143. The van der Waals surface area contributed by atoms with E-state index in [1.165, 1.54) is 6.42 Å². The van der Waals surface area contributed by atoms with Gasteiger partial charge in [0.25, 0.3) is 5.91 Å². The van der Waals surface area contributed by atoms with Crippen molar-refractivity contribution in [3.8, 4) is 5.75 Å². The van der Waals surface area contributed by atoms with Crippen LogP contribution in [-0.2, 0) is 16.1 Å². The Hall–Kier alpha value is -2.24. The highest BCUT2D eigenvalue weighted by Crippen LogP contribution is 2.27. The average Bonchev–Trinajstić information content (AvgIpc) is 2.80. The molecule has 3 rings (SSSR count). The lowest BCUT2D eigenvalue weighted by Crippen LogP contribution is -2.52. The molecule has 0 spiro atoms. The predicted octanol–water partition coefficient (Wildman–Crippen LogP) is 5.94. The van der Waals surface area contributed by atoms with E-state index in [9.17, 15) is 9.59 Å². The van der Waals surface area contributed by atoms with E-state index in [0.29, 0.717) is 27.8 Å². The second-order valence-corrected chi connectivity index (χ2v) is 9.36. The van der Waals surface area contributed by atoms with Crippen molar-refractivity contribution in [1.82, 2.24) is 10.2 Å². The molecule has 7 heteroatoms. The Balaban J connectivity index is 1.81. The van der Waals surface area contributed by atoms with Crippen molar-refractivity contribution in [2.45, 2.75) is 71.0 Å². The smallest absolute Gasteiger partial charge is 0.261 e. The van der Waals surface area contributed by atoms with Gasteiger partial charge in [-0.1, -0.05) is 73.7 Å². The van der Waals surface area contributed by atoms with Crippen LogP contribution in [0, 0.1) is 6.92 Å². The Morgan fingerprint density at radius 1 is 1.06 bits per heavy atom. The van der Waals surface area contributed by atoms with Crippen LogP contribution >= 0.6 is 23.2 Å². The van der Waals surface area contributed by atoms with E-state index >= 15 is 0 Å². The first-order chi connectivity index (χ1) is 15.9. The molecule has 0 aliphatic heterocycles. The molecule has 1 N–H and O–H groups in total. The lowest BCUT2D eigenvalue weighted by atomic mass is 9.95. The third-order valence-corrected chi connectivity index (χ3v) is 6.88. The van der Waals surface area contributed by atoms with E-state index in [1.807, 2.05) is 38.1 Å². The Labute approximate surface area is 206 Å². The van der Waals surface area contributed by atoms with E-state index in [4.69, 9.17) is 27.9 Å². The highest BCUT2D eigenvalue weighted by Gasteiger charge is 2.31. The molecule has 2 aromatic carbocycles. The van der Waals surface area contributed by atoms with Gasteiger partial charge < -0.3 is 15.0 Å². The van der Waals surface area contributed by atoms with Gasteiger partial charge in [-0.15, -0.1) is 0 Å². The van der Waals surface area contributed by atoms with Crippen molar-refractivity contribution in [1.29, 1.82) is 0 Å². The highest BCUT2D eigenvalue weighted by atomic mass is 35.5. The second-order valence-electron chi connectivity index (χ2n) is 8.54. The summed E-state index contributed by atoms with van der Waals surface area (Å²) in [6.45, 7) is 3.78. The number of benzene rings is 2. The van der Waals surface area contributed by atoms with Crippen LogP contribution in [0.5, 0.6) is 5.75 Å². The van der Waals surface area contributed by atoms with Crippen LogP contribution in [0.2, 0.25) is 10.0 Å². The highest BCUT2D eigenvalue weighted by molar-refractivity contribution is 6.36. The first kappa shape index (κ1) is 25.4. The first-order valence-corrected chi connectivity index (χ1v) is 12.4. The molecule has 1 aliphatic rings. The van der Waals surface area contributed by atoms with Crippen LogP contribution in [0.15, 0.2) is 42.5 Å². The molecule has 1 fully saturated rings. The van der Waals surface area contributed by atoms with Crippen LogP contribution < -0.4 is 10.1 Å². The van der Waals surface area contributed by atoms with Gasteiger partial charge in [0.05, 0.1) is 0 Å². The van der Waals surface area contributed by atoms with Gasteiger partial charge in [0, 0.05) is 28.2 Å². The molecule has 0 bridgehead atoms. The summed E-state index contributed by atoms with van der Waals surface area (Å²) in [7, 11) is 0. The van der Waals surface area contributed by atoms with Crippen molar-refractivity contribution < 1.29 is 14.3 Å². The fourth-order valence-corrected chi connectivity index (χ4v) is 4.78. The summed E-state index contributed by atoms with van der Waals surface area (Å²) in [6, 6.07) is 12.3. The summed E-state index contributed by atoms with van der Waals surface area (Å²) in [5.74, 6) is 0.206. The van der Waals surface area contributed by atoms with Gasteiger partial charge in [0.2, 0.25) is 5.91 Å². The molecule has 1 saturated carbocycles. The average molecular weight is 491 g/mol. The number of rotatable bonds is 9. The number of amides is 2. The zero-order chi connectivity index (χ0) is 23.8. The Bertz CT molecular complexity index is 940. The molecule has 0 saturated heterocycles. The first-order valence-electron chi connectivity index (χ1n) is 11.6.